The third-order valence-electron chi connectivity index (χ3n) is 3.63. The molecule has 1 aliphatic rings. The Bertz CT molecular complexity index is 440. The first-order valence-electron chi connectivity index (χ1n) is 6.74. The van der Waals surface area contributed by atoms with Crippen LogP contribution in [-0.4, -0.2) is 25.1 Å². The summed E-state index contributed by atoms with van der Waals surface area (Å²) in [5.41, 5.74) is 1.83. The van der Waals surface area contributed by atoms with Gasteiger partial charge in [-0.15, -0.1) is 0 Å². The van der Waals surface area contributed by atoms with Crippen molar-refractivity contribution in [2.24, 2.45) is 0 Å². The van der Waals surface area contributed by atoms with Crippen LogP contribution in [0.5, 0.6) is 0 Å². The topological polar surface area (TPSA) is 50.4 Å². The number of carbonyl (C=O) groups is 1. The second-order valence-electron chi connectivity index (χ2n) is 5.30. The minimum atomic E-state index is -0.399. The highest BCUT2D eigenvalue weighted by Gasteiger charge is 2.35. The van der Waals surface area contributed by atoms with Crippen LogP contribution in [0.4, 0.5) is 0 Å². The molecule has 4 nitrogen and oxygen atoms in total. The largest absolute Gasteiger partial charge is 0.380 e. The fourth-order valence-electron chi connectivity index (χ4n) is 2.46. The number of hydrogen-bond donors (Lipinski definition) is 2. The molecule has 104 valence electrons. The molecule has 1 aliphatic heterocycles. The summed E-state index contributed by atoms with van der Waals surface area (Å²) in [6.07, 6.45) is 1.97. The molecule has 2 N–H and O–H groups in total. The van der Waals surface area contributed by atoms with E-state index in [-0.39, 0.29) is 5.91 Å². The number of amides is 1. The standard InChI is InChI=1S/C15H22N2O2/c1-15(7-4-8-17-15)14(18)16-10-12-5-3-6-13(9-12)11-19-2/h3,5-6,9,17H,4,7-8,10-11H2,1-2H3,(H,16,18). The Morgan fingerprint density at radius 2 is 2.26 bits per heavy atom. The first-order valence-corrected chi connectivity index (χ1v) is 6.74. The fraction of sp³-hybridized carbons (Fsp3) is 0.533. The molecule has 1 amide bonds. The fourth-order valence-corrected chi connectivity index (χ4v) is 2.46. The maximum atomic E-state index is 12.2. The normalized spacial score (nSPS) is 22.4. The summed E-state index contributed by atoms with van der Waals surface area (Å²) in [6, 6.07) is 8.10. The smallest absolute Gasteiger partial charge is 0.240 e. The molecule has 4 heteroatoms. The number of methoxy groups -OCH3 is 1. The number of carbonyl (C=O) groups excluding carboxylic acids is 1. The first-order chi connectivity index (χ1) is 9.14. The van der Waals surface area contributed by atoms with E-state index in [0.717, 1.165) is 30.5 Å². The van der Waals surface area contributed by atoms with Crippen molar-refractivity contribution in [2.45, 2.75) is 38.5 Å². The molecule has 1 atom stereocenters. The second-order valence-corrected chi connectivity index (χ2v) is 5.30. The minimum Gasteiger partial charge on any atom is -0.380 e. The van der Waals surface area contributed by atoms with Gasteiger partial charge in [0.05, 0.1) is 12.1 Å². The number of ether oxygens (including phenoxy) is 1. The predicted octanol–water partition coefficient (Wildman–Crippen LogP) is 1.59. The lowest BCUT2D eigenvalue weighted by molar-refractivity contribution is -0.126. The van der Waals surface area contributed by atoms with Gasteiger partial charge in [-0.25, -0.2) is 0 Å². The third kappa shape index (κ3) is 3.55. The Hall–Kier alpha value is -1.39. The van der Waals surface area contributed by atoms with Gasteiger partial charge in [-0.1, -0.05) is 24.3 Å². The Labute approximate surface area is 114 Å². The zero-order valence-corrected chi connectivity index (χ0v) is 11.7. The summed E-state index contributed by atoms with van der Waals surface area (Å²) in [5, 5.41) is 6.28. The Kier molecular flexibility index (Phi) is 4.56. The van der Waals surface area contributed by atoms with Crippen molar-refractivity contribution in [1.82, 2.24) is 10.6 Å². The van der Waals surface area contributed by atoms with Crippen molar-refractivity contribution in [1.29, 1.82) is 0 Å². The van der Waals surface area contributed by atoms with E-state index in [9.17, 15) is 4.79 Å². The lowest BCUT2D eigenvalue weighted by atomic mass is 9.99. The van der Waals surface area contributed by atoms with Crippen molar-refractivity contribution >= 4 is 5.91 Å². The molecule has 1 heterocycles. The quantitative estimate of drug-likeness (QED) is 0.847. The van der Waals surface area contributed by atoms with E-state index in [1.165, 1.54) is 0 Å². The van der Waals surface area contributed by atoms with Gasteiger partial charge in [0.25, 0.3) is 0 Å². The van der Waals surface area contributed by atoms with Crippen LogP contribution in [0.25, 0.3) is 0 Å². The highest BCUT2D eigenvalue weighted by molar-refractivity contribution is 5.86. The Morgan fingerprint density at radius 1 is 1.47 bits per heavy atom. The molecular formula is C15H22N2O2. The summed E-state index contributed by atoms with van der Waals surface area (Å²) >= 11 is 0. The van der Waals surface area contributed by atoms with Crippen molar-refractivity contribution < 1.29 is 9.53 Å². The van der Waals surface area contributed by atoms with Crippen LogP contribution in [0.1, 0.15) is 30.9 Å². The molecule has 0 radical (unpaired) electrons. The van der Waals surface area contributed by atoms with Gasteiger partial charge in [0.15, 0.2) is 0 Å². The van der Waals surface area contributed by atoms with Crippen LogP contribution in [0.3, 0.4) is 0 Å². The molecule has 0 saturated carbocycles. The van der Waals surface area contributed by atoms with E-state index in [2.05, 4.69) is 16.7 Å². The molecular weight excluding hydrogens is 240 g/mol. The molecule has 1 aromatic rings. The van der Waals surface area contributed by atoms with E-state index in [1.54, 1.807) is 7.11 Å². The highest BCUT2D eigenvalue weighted by atomic mass is 16.5. The van der Waals surface area contributed by atoms with Crippen LogP contribution >= 0.6 is 0 Å². The van der Waals surface area contributed by atoms with Crippen LogP contribution in [0.2, 0.25) is 0 Å². The zero-order chi connectivity index (χ0) is 13.7. The number of nitrogens with one attached hydrogen (secondary N) is 2. The van der Waals surface area contributed by atoms with Gasteiger partial charge in [0, 0.05) is 13.7 Å². The molecule has 0 aromatic heterocycles. The van der Waals surface area contributed by atoms with Crippen LogP contribution in [0, 0.1) is 0 Å². The second kappa shape index (κ2) is 6.17. The van der Waals surface area contributed by atoms with Crippen molar-refractivity contribution in [3.63, 3.8) is 0 Å². The Morgan fingerprint density at radius 3 is 2.95 bits per heavy atom. The zero-order valence-electron chi connectivity index (χ0n) is 11.7. The lowest BCUT2D eigenvalue weighted by Gasteiger charge is -2.23. The van der Waals surface area contributed by atoms with E-state index in [1.807, 2.05) is 25.1 Å². The molecule has 2 rings (SSSR count). The molecule has 0 bridgehead atoms. The van der Waals surface area contributed by atoms with Gasteiger partial charge >= 0.3 is 0 Å². The molecule has 1 aromatic carbocycles. The van der Waals surface area contributed by atoms with Gasteiger partial charge in [0.2, 0.25) is 5.91 Å². The van der Waals surface area contributed by atoms with Gasteiger partial charge in [-0.3, -0.25) is 4.79 Å². The summed E-state index contributed by atoms with van der Waals surface area (Å²) in [4.78, 5) is 12.2. The first kappa shape index (κ1) is 14.0. The highest BCUT2D eigenvalue weighted by Crippen LogP contribution is 2.18. The predicted molar refractivity (Wildman–Crippen MR) is 74.6 cm³/mol. The van der Waals surface area contributed by atoms with E-state index in [0.29, 0.717) is 13.2 Å². The summed E-state index contributed by atoms with van der Waals surface area (Å²) < 4.78 is 5.11. The van der Waals surface area contributed by atoms with Gasteiger partial charge in [-0.2, -0.15) is 0 Å². The van der Waals surface area contributed by atoms with Gasteiger partial charge in [0.1, 0.15) is 0 Å². The van der Waals surface area contributed by atoms with Crippen LogP contribution < -0.4 is 10.6 Å². The number of benzene rings is 1. The lowest BCUT2D eigenvalue weighted by Crippen LogP contribution is -2.50. The van der Waals surface area contributed by atoms with Gasteiger partial charge < -0.3 is 15.4 Å². The average Bonchev–Trinajstić information content (AvgIpc) is 2.85. The summed E-state index contributed by atoms with van der Waals surface area (Å²) in [7, 11) is 1.68. The number of rotatable bonds is 5. The minimum absolute atomic E-state index is 0.0853. The SMILES string of the molecule is COCc1cccc(CNC(=O)C2(C)CCCN2)c1. The molecule has 1 fully saturated rings. The maximum absolute atomic E-state index is 12.2. The van der Waals surface area contributed by atoms with E-state index < -0.39 is 5.54 Å². The van der Waals surface area contributed by atoms with E-state index in [4.69, 9.17) is 4.74 Å². The molecule has 1 saturated heterocycles. The maximum Gasteiger partial charge on any atom is 0.240 e. The molecule has 0 spiro atoms. The van der Waals surface area contributed by atoms with Crippen LogP contribution in [0.15, 0.2) is 24.3 Å². The van der Waals surface area contributed by atoms with Crippen LogP contribution in [-0.2, 0) is 22.7 Å². The van der Waals surface area contributed by atoms with Crippen molar-refractivity contribution in [3.05, 3.63) is 35.4 Å². The molecule has 1 unspecified atom stereocenters. The molecule has 0 aliphatic carbocycles. The summed E-state index contributed by atoms with van der Waals surface area (Å²) in [5.74, 6) is 0.0853. The monoisotopic (exact) mass is 262 g/mol. The van der Waals surface area contributed by atoms with Crippen molar-refractivity contribution in [3.8, 4) is 0 Å². The summed E-state index contributed by atoms with van der Waals surface area (Å²) in [6.45, 7) is 4.05. The van der Waals surface area contributed by atoms with Gasteiger partial charge in [-0.05, 0) is 37.4 Å². The van der Waals surface area contributed by atoms with Crippen molar-refractivity contribution in [2.75, 3.05) is 13.7 Å². The van der Waals surface area contributed by atoms with E-state index >= 15 is 0 Å². The molecule has 19 heavy (non-hydrogen) atoms. The third-order valence-corrected chi connectivity index (χ3v) is 3.63. The number of hydrogen-bond acceptors (Lipinski definition) is 3. The Balaban J connectivity index is 1.91. The average molecular weight is 262 g/mol.